The third-order valence-corrected chi connectivity index (χ3v) is 5.58. The van der Waals surface area contributed by atoms with Gasteiger partial charge in [-0.15, -0.1) is 35.0 Å². The average Bonchev–Trinajstić information content (AvgIpc) is 3.12. The summed E-state index contributed by atoms with van der Waals surface area (Å²) in [5.41, 5.74) is 1.72. The molecule has 1 saturated heterocycles. The van der Waals surface area contributed by atoms with Gasteiger partial charge in [0.1, 0.15) is 17.6 Å². The summed E-state index contributed by atoms with van der Waals surface area (Å²) in [6, 6.07) is 4.81. The minimum absolute atomic E-state index is 0. The maximum Gasteiger partial charge on any atom is 0.243 e. The number of aryl methyl sites for hydroxylation is 1. The van der Waals surface area contributed by atoms with E-state index in [4.69, 9.17) is 0 Å². The first-order valence-corrected chi connectivity index (χ1v) is 10.3. The molecular weight excluding hydrogens is 468 g/mol. The SMILES string of the molecule is Cc1cn(-c2ccc(-c3cnc(N[C@H]4CC(C)(C)NC(C)(C)[C@H]4F)nn3)c(O)c2)cn1.Cl.Cl. The molecule has 1 fully saturated rings. The summed E-state index contributed by atoms with van der Waals surface area (Å²) in [6.07, 6.45) is 4.55. The Morgan fingerprint density at radius 3 is 2.45 bits per heavy atom. The minimum Gasteiger partial charge on any atom is -0.507 e. The number of rotatable bonds is 4. The predicted molar refractivity (Wildman–Crippen MR) is 132 cm³/mol. The number of alkyl halides is 1. The lowest BCUT2D eigenvalue weighted by Crippen LogP contribution is -2.67. The predicted octanol–water partition coefficient (Wildman–Crippen LogP) is 4.25. The van der Waals surface area contributed by atoms with Crippen molar-refractivity contribution in [2.75, 3.05) is 5.32 Å². The second-order valence-corrected chi connectivity index (χ2v) is 9.38. The first kappa shape index (κ1) is 26.8. The molecule has 8 nitrogen and oxygen atoms in total. The molecule has 0 saturated carbocycles. The van der Waals surface area contributed by atoms with E-state index in [0.717, 1.165) is 11.4 Å². The molecule has 180 valence electrons. The summed E-state index contributed by atoms with van der Waals surface area (Å²) in [5, 5.41) is 25.2. The fourth-order valence-electron chi connectivity index (χ4n) is 4.36. The molecule has 0 spiro atoms. The molecule has 1 aliphatic heterocycles. The maximum atomic E-state index is 15.0. The summed E-state index contributed by atoms with van der Waals surface area (Å²) in [4.78, 5) is 8.50. The number of phenols is 1. The van der Waals surface area contributed by atoms with Gasteiger partial charge in [0.15, 0.2) is 0 Å². The highest BCUT2D eigenvalue weighted by Crippen LogP contribution is 2.33. The first-order chi connectivity index (χ1) is 14.5. The van der Waals surface area contributed by atoms with Crippen molar-refractivity contribution in [3.8, 4) is 22.7 Å². The number of hydrogen-bond acceptors (Lipinski definition) is 7. The van der Waals surface area contributed by atoms with Gasteiger partial charge < -0.3 is 20.3 Å². The lowest BCUT2D eigenvalue weighted by molar-refractivity contribution is 0.0654. The number of aromatic nitrogens is 5. The van der Waals surface area contributed by atoms with Gasteiger partial charge in [0.2, 0.25) is 5.95 Å². The molecule has 0 aliphatic carbocycles. The number of nitrogens with one attached hydrogen (secondary N) is 2. The lowest BCUT2D eigenvalue weighted by Gasteiger charge is -2.48. The van der Waals surface area contributed by atoms with Gasteiger partial charge in [0.05, 0.1) is 29.9 Å². The van der Waals surface area contributed by atoms with Crippen molar-refractivity contribution in [3.63, 3.8) is 0 Å². The first-order valence-electron chi connectivity index (χ1n) is 10.3. The number of aromatic hydroxyl groups is 1. The fourth-order valence-corrected chi connectivity index (χ4v) is 4.36. The highest BCUT2D eigenvalue weighted by Gasteiger charge is 2.46. The van der Waals surface area contributed by atoms with Crippen LogP contribution >= 0.6 is 24.8 Å². The molecule has 33 heavy (non-hydrogen) atoms. The molecule has 1 aromatic carbocycles. The smallest absolute Gasteiger partial charge is 0.243 e. The van der Waals surface area contributed by atoms with Crippen molar-refractivity contribution in [1.82, 2.24) is 30.0 Å². The molecule has 2 aromatic heterocycles. The average molecular weight is 498 g/mol. The number of phenolic OH excluding ortho intramolecular Hbond substituents is 1. The van der Waals surface area contributed by atoms with Crippen LogP contribution in [0.15, 0.2) is 36.9 Å². The van der Waals surface area contributed by atoms with Crippen LogP contribution in [0.2, 0.25) is 0 Å². The Balaban J connectivity index is 0.00000193. The zero-order valence-electron chi connectivity index (χ0n) is 19.2. The molecule has 0 radical (unpaired) electrons. The highest BCUT2D eigenvalue weighted by molar-refractivity contribution is 5.85. The highest BCUT2D eigenvalue weighted by atomic mass is 35.5. The monoisotopic (exact) mass is 497 g/mol. The van der Waals surface area contributed by atoms with Crippen molar-refractivity contribution < 1.29 is 9.50 Å². The topological polar surface area (TPSA) is 101 Å². The van der Waals surface area contributed by atoms with Crippen LogP contribution in [0, 0.1) is 6.92 Å². The van der Waals surface area contributed by atoms with Gasteiger partial charge in [-0.05, 0) is 53.2 Å². The Morgan fingerprint density at radius 2 is 1.88 bits per heavy atom. The molecule has 0 bridgehead atoms. The van der Waals surface area contributed by atoms with Gasteiger partial charge in [-0.1, -0.05) is 0 Å². The number of imidazole rings is 1. The Hall–Kier alpha value is -2.49. The van der Waals surface area contributed by atoms with Gasteiger partial charge in [-0.2, -0.15) is 0 Å². The Morgan fingerprint density at radius 1 is 1.15 bits per heavy atom. The summed E-state index contributed by atoms with van der Waals surface area (Å²) >= 11 is 0. The Bertz CT molecular complexity index is 1090. The van der Waals surface area contributed by atoms with E-state index in [0.29, 0.717) is 17.7 Å². The van der Waals surface area contributed by atoms with E-state index < -0.39 is 17.8 Å². The van der Waals surface area contributed by atoms with E-state index in [9.17, 15) is 9.50 Å². The molecule has 2 atom stereocenters. The van der Waals surface area contributed by atoms with Crippen LogP contribution in [0.25, 0.3) is 16.9 Å². The standard InChI is InChI=1S/C22H28FN7O.2ClH/c1-13-11-30(12-25-13)14-6-7-15(18(31)8-14)17-10-24-20(28-27-17)26-16-9-21(2,3)29-22(4,5)19(16)23;;/h6-8,10-12,16,19,29,31H,9H2,1-5H3,(H,24,26,28);2*1H/t16-,19-;;/m0../s1. The Kier molecular flexibility index (Phi) is 7.94. The normalized spacial score (nSPS) is 20.9. The second kappa shape index (κ2) is 9.79. The fraction of sp³-hybridized carbons (Fsp3) is 0.455. The van der Waals surface area contributed by atoms with Crippen LogP contribution in [0.4, 0.5) is 10.3 Å². The number of anilines is 1. The summed E-state index contributed by atoms with van der Waals surface area (Å²) in [5.74, 6) is 0.321. The van der Waals surface area contributed by atoms with E-state index in [1.165, 1.54) is 6.20 Å². The molecular formula is C22H30Cl2FN7O. The van der Waals surface area contributed by atoms with Gasteiger partial charge in [-0.3, -0.25) is 0 Å². The molecule has 4 rings (SSSR count). The van der Waals surface area contributed by atoms with Gasteiger partial charge in [-0.25, -0.2) is 14.4 Å². The van der Waals surface area contributed by atoms with Crippen molar-refractivity contribution in [2.45, 2.75) is 64.3 Å². The van der Waals surface area contributed by atoms with E-state index in [1.54, 1.807) is 18.5 Å². The summed E-state index contributed by atoms with van der Waals surface area (Å²) in [7, 11) is 0. The zero-order chi connectivity index (χ0) is 22.4. The minimum atomic E-state index is -1.12. The van der Waals surface area contributed by atoms with Gasteiger partial charge in [0.25, 0.3) is 0 Å². The van der Waals surface area contributed by atoms with Crippen LogP contribution in [0.1, 0.15) is 39.8 Å². The second-order valence-electron chi connectivity index (χ2n) is 9.38. The van der Waals surface area contributed by atoms with Crippen LogP contribution in [-0.4, -0.2) is 53.1 Å². The molecule has 0 unspecified atom stereocenters. The number of piperidine rings is 1. The number of hydrogen-bond donors (Lipinski definition) is 3. The van der Waals surface area contributed by atoms with Gasteiger partial charge in [0, 0.05) is 28.9 Å². The molecule has 3 N–H and O–H groups in total. The maximum absolute atomic E-state index is 15.0. The number of nitrogens with zero attached hydrogens (tertiary/aromatic N) is 5. The molecule has 1 aliphatic rings. The molecule has 3 aromatic rings. The van der Waals surface area contributed by atoms with Crippen molar-refractivity contribution in [1.29, 1.82) is 0 Å². The molecule has 11 heteroatoms. The lowest BCUT2D eigenvalue weighted by atomic mass is 9.78. The number of halogens is 3. The van der Waals surface area contributed by atoms with E-state index in [-0.39, 0.29) is 42.1 Å². The molecule has 3 heterocycles. The van der Waals surface area contributed by atoms with E-state index >= 15 is 0 Å². The third-order valence-electron chi connectivity index (χ3n) is 5.58. The quantitative estimate of drug-likeness (QED) is 0.495. The Labute approximate surface area is 205 Å². The van der Waals surface area contributed by atoms with E-state index in [2.05, 4.69) is 44.6 Å². The third kappa shape index (κ3) is 5.72. The largest absolute Gasteiger partial charge is 0.507 e. The van der Waals surface area contributed by atoms with Crippen LogP contribution in [0.3, 0.4) is 0 Å². The van der Waals surface area contributed by atoms with Crippen LogP contribution in [-0.2, 0) is 0 Å². The van der Waals surface area contributed by atoms with Gasteiger partial charge >= 0.3 is 0 Å². The van der Waals surface area contributed by atoms with Crippen LogP contribution in [0.5, 0.6) is 5.75 Å². The van der Waals surface area contributed by atoms with Crippen molar-refractivity contribution >= 4 is 30.8 Å². The molecule has 0 amide bonds. The summed E-state index contributed by atoms with van der Waals surface area (Å²) in [6.45, 7) is 9.71. The summed E-state index contributed by atoms with van der Waals surface area (Å²) < 4.78 is 16.8. The number of benzene rings is 1. The van der Waals surface area contributed by atoms with Crippen molar-refractivity contribution in [2.24, 2.45) is 0 Å². The van der Waals surface area contributed by atoms with Crippen LogP contribution < -0.4 is 10.6 Å². The zero-order valence-corrected chi connectivity index (χ0v) is 20.8. The van der Waals surface area contributed by atoms with Crippen molar-refractivity contribution in [3.05, 3.63) is 42.6 Å². The van der Waals surface area contributed by atoms with E-state index in [1.807, 2.05) is 37.6 Å².